The van der Waals surface area contributed by atoms with Gasteiger partial charge < -0.3 is 24.4 Å². The zero-order valence-corrected chi connectivity index (χ0v) is 17.4. The van der Waals surface area contributed by atoms with E-state index in [0.717, 1.165) is 75.3 Å². The van der Waals surface area contributed by atoms with Gasteiger partial charge in [0.2, 0.25) is 0 Å². The molecule has 0 bridgehead atoms. The summed E-state index contributed by atoms with van der Waals surface area (Å²) >= 11 is 5.57. The summed E-state index contributed by atoms with van der Waals surface area (Å²) in [5, 5.41) is 4.23. The Bertz CT molecular complexity index is 642. The van der Waals surface area contributed by atoms with Crippen molar-refractivity contribution in [3.63, 3.8) is 0 Å². The number of nitrogens with zero attached hydrogens (tertiary/aromatic N) is 2. The number of piperazine rings is 1. The Labute approximate surface area is 167 Å². The van der Waals surface area contributed by atoms with Crippen LogP contribution in [0.15, 0.2) is 12.1 Å². The summed E-state index contributed by atoms with van der Waals surface area (Å²) in [6.45, 7) is 8.63. The van der Waals surface area contributed by atoms with E-state index in [0.29, 0.717) is 6.10 Å². The summed E-state index contributed by atoms with van der Waals surface area (Å²) in [5.74, 6) is 1.57. The van der Waals surface area contributed by atoms with Crippen LogP contribution in [-0.2, 0) is 11.3 Å². The van der Waals surface area contributed by atoms with Gasteiger partial charge in [-0.25, -0.2) is 0 Å². The number of aryl methyl sites for hydroxylation is 1. The fourth-order valence-corrected chi connectivity index (χ4v) is 3.93. The second kappa shape index (κ2) is 9.57. The van der Waals surface area contributed by atoms with E-state index >= 15 is 0 Å². The zero-order chi connectivity index (χ0) is 19.2. The van der Waals surface area contributed by atoms with Crippen LogP contribution in [0.4, 0.5) is 0 Å². The number of methoxy groups -OCH3 is 2. The summed E-state index contributed by atoms with van der Waals surface area (Å²) in [5.41, 5.74) is 2.50. The summed E-state index contributed by atoms with van der Waals surface area (Å²) in [6.07, 6.45) is 2.61. The highest BCUT2D eigenvalue weighted by atomic mass is 32.1. The summed E-state index contributed by atoms with van der Waals surface area (Å²) in [7, 11) is 3.35. The molecule has 1 aromatic carbocycles. The van der Waals surface area contributed by atoms with Crippen LogP contribution in [0.25, 0.3) is 0 Å². The zero-order valence-electron chi connectivity index (χ0n) is 16.6. The monoisotopic (exact) mass is 393 g/mol. The Hall–Kier alpha value is -1.57. The lowest BCUT2D eigenvalue weighted by Crippen LogP contribution is -2.52. The highest BCUT2D eigenvalue weighted by Crippen LogP contribution is 2.31. The van der Waals surface area contributed by atoms with Gasteiger partial charge in [0.25, 0.3) is 0 Å². The SMILES string of the molecule is COc1cc(C)c(CN2CCN(C(=S)NC[C@@H]3CCCO3)CC2)cc1OC. The number of nitrogens with one attached hydrogen (secondary N) is 1. The first-order valence-electron chi connectivity index (χ1n) is 9.69. The molecule has 0 amide bonds. The summed E-state index contributed by atoms with van der Waals surface area (Å²) in [6, 6.07) is 4.14. The molecule has 0 spiro atoms. The highest BCUT2D eigenvalue weighted by Gasteiger charge is 2.21. The van der Waals surface area contributed by atoms with E-state index in [1.165, 1.54) is 11.1 Å². The van der Waals surface area contributed by atoms with Crippen LogP contribution in [0.1, 0.15) is 24.0 Å². The van der Waals surface area contributed by atoms with E-state index < -0.39 is 0 Å². The van der Waals surface area contributed by atoms with Crippen molar-refractivity contribution in [2.45, 2.75) is 32.4 Å². The van der Waals surface area contributed by atoms with Gasteiger partial charge in [-0.05, 0) is 55.2 Å². The van der Waals surface area contributed by atoms with Crippen LogP contribution < -0.4 is 14.8 Å². The fourth-order valence-electron chi connectivity index (χ4n) is 3.66. The summed E-state index contributed by atoms with van der Waals surface area (Å²) < 4.78 is 16.5. The molecular weight excluding hydrogens is 362 g/mol. The lowest BCUT2D eigenvalue weighted by Gasteiger charge is -2.36. The number of thiocarbonyl (C=S) groups is 1. The van der Waals surface area contributed by atoms with Crippen LogP contribution in [0.2, 0.25) is 0 Å². The van der Waals surface area contributed by atoms with Crippen LogP contribution in [0.5, 0.6) is 11.5 Å². The number of hydrogen-bond donors (Lipinski definition) is 1. The predicted molar refractivity (Wildman–Crippen MR) is 111 cm³/mol. The van der Waals surface area contributed by atoms with Crippen molar-refractivity contribution in [3.8, 4) is 11.5 Å². The third kappa shape index (κ3) is 5.24. The molecule has 2 aliphatic rings. The first-order valence-corrected chi connectivity index (χ1v) is 10.1. The molecule has 0 aromatic heterocycles. The molecule has 0 radical (unpaired) electrons. The molecule has 0 unspecified atom stereocenters. The molecule has 7 heteroatoms. The van der Waals surface area contributed by atoms with Crippen LogP contribution in [0, 0.1) is 6.92 Å². The van der Waals surface area contributed by atoms with E-state index in [4.69, 9.17) is 26.4 Å². The molecule has 2 aliphatic heterocycles. The quantitative estimate of drug-likeness (QED) is 0.744. The minimum absolute atomic E-state index is 0.317. The van der Waals surface area contributed by atoms with Crippen molar-refractivity contribution in [1.82, 2.24) is 15.1 Å². The molecule has 1 atom stereocenters. The van der Waals surface area contributed by atoms with Gasteiger partial charge in [-0.2, -0.15) is 0 Å². The number of rotatable bonds is 6. The van der Waals surface area contributed by atoms with E-state index in [9.17, 15) is 0 Å². The Morgan fingerprint density at radius 3 is 2.52 bits per heavy atom. The maximum Gasteiger partial charge on any atom is 0.169 e. The van der Waals surface area contributed by atoms with E-state index in [2.05, 4.69) is 34.2 Å². The van der Waals surface area contributed by atoms with Crippen LogP contribution in [-0.4, -0.2) is 74.6 Å². The second-order valence-electron chi connectivity index (χ2n) is 7.22. The molecule has 27 heavy (non-hydrogen) atoms. The number of ether oxygens (including phenoxy) is 3. The molecule has 1 aromatic rings. The van der Waals surface area contributed by atoms with Crippen LogP contribution in [0.3, 0.4) is 0 Å². The predicted octanol–water partition coefficient (Wildman–Crippen LogP) is 2.18. The Kier molecular flexibility index (Phi) is 7.15. The van der Waals surface area contributed by atoms with Gasteiger partial charge in [0.05, 0.1) is 20.3 Å². The van der Waals surface area contributed by atoms with Gasteiger partial charge in [-0.1, -0.05) is 0 Å². The van der Waals surface area contributed by atoms with Crippen molar-refractivity contribution in [1.29, 1.82) is 0 Å². The van der Waals surface area contributed by atoms with Gasteiger partial charge in [0.1, 0.15) is 0 Å². The average Bonchev–Trinajstić information content (AvgIpc) is 3.21. The molecule has 150 valence electrons. The molecule has 2 heterocycles. The van der Waals surface area contributed by atoms with Crippen molar-refractivity contribution in [3.05, 3.63) is 23.3 Å². The molecule has 0 saturated carbocycles. The normalized spacial score (nSPS) is 20.6. The van der Waals surface area contributed by atoms with Gasteiger partial charge in [0.15, 0.2) is 16.6 Å². The van der Waals surface area contributed by atoms with E-state index in [1.54, 1.807) is 14.2 Å². The number of benzene rings is 1. The van der Waals surface area contributed by atoms with Gasteiger partial charge >= 0.3 is 0 Å². The summed E-state index contributed by atoms with van der Waals surface area (Å²) in [4.78, 5) is 4.73. The van der Waals surface area contributed by atoms with Gasteiger partial charge in [-0.15, -0.1) is 0 Å². The van der Waals surface area contributed by atoms with Crippen molar-refractivity contribution in [2.75, 3.05) is 53.6 Å². The Balaban J connectivity index is 1.48. The van der Waals surface area contributed by atoms with Crippen molar-refractivity contribution < 1.29 is 14.2 Å². The molecule has 2 fully saturated rings. The molecule has 0 aliphatic carbocycles. The lowest BCUT2D eigenvalue weighted by atomic mass is 10.1. The third-order valence-electron chi connectivity index (χ3n) is 5.40. The molecule has 1 N–H and O–H groups in total. The van der Waals surface area contributed by atoms with Gasteiger partial charge in [-0.3, -0.25) is 4.90 Å². The molecular formula is C20H31N3O3S. The van der Waals surface area contributed by atoms with E-state index in [-0.39, 0.29) is 0 Å². The molecule has 6 nitrogen and oxygen atoms in total. The molecule has 3 rings (SSSR count). The van der Waals surface area contributed by atoms with Crippen molar-refractivity contribution >= 4 is 17.3 Å². The topological polar surface area (TPSA) is 46.2 Å². The first kappa shape index (κ1) is 20.2. The standard InChI is InChI=1S/C20H31N3O3S/c1-15-11-18(24-2)19(25-3)12-16(15)14-22-6-8-23(9-7-22)20(27)21-13-17-5-4-10-26-17/h11-12,17H,4-10,13-14H2,1-3H3,(H,21,27)/t17-/m0/s1. The maximum absolute atomic E-state index is 5.65. The number of hydrogen-bond acceptors (Lipinski definition) is 5. The maximum atomic E-state index is 5.65. The fraction of sp³-hybridized carbons (Fsp3) is 0.650. The first-order chi connectivity index (χ1) is 13.1. The smallest absolute Gasteiger partial charge is 0.169 e. The van der Waals surface area contributed by atoms with Crippen molar-refractivity contribution in [2.24, 2.45) is 0 Å². The van der Waals surface area contributed by atoms with Crippen LogP contribution >= 0.6 is 12.2 Å². The highest BCUT2D eigenvalue weighted by molar-refractivity contribution is 7.80. The average molecular weight is 394 g/mol. The largest absolute Gasteiger partial charge is 0.493 e. The molecule has 2 saturated heterocycles. The van der Waals surface area contributed by atoms with E-state index in [1.807, 2.05) is 0 Å². The second-order valence-corrected chi connectivity index (χ2v) is 7.60. The minimum atomic E-state index is 0.317. The third-order valence-corrected chi connectivity index (χ3v) is 5.80. The Morgan fingerprint density at radius 1 is 1.19 bits per heavy atom. The minimum Gasteiger partial charge on any atom is -0.493 e. The Morgan fingerprint density at radius 2 is 1.89 bits per heavy atom. The lowest BCUT2D eigenvalue weighted by molar-refractivity contribution is 0.112. The van der Waals surface area contributed by atoms with Gasteiger partial charge in [0, 0.05) is 45.9 Å².